The van der Waals surface area contributed by atoms with Crippen LogP contribution in [0.5, 0.6) is 5.75 Å². The SMILES string of the molecule is C[C@@H]1CN(C(=O)c2cc3ccc(OC(F)(F)F)cc3[nH]2)C[C@H]1C(=O)O. The van der Waals surface area contributed by atoms with E-state index >= 15 is 0 Å². The smallest absolute Gasteiger partial charge is 0.481 e. The fraction of sp³-hybridized carbons (Fsp3) is 0.375. The Morgan fingerprint density at radius 3 is 2.60 bits per heavy atom. The van der Waals surface area contributed by atoms with Gasteiger partial charge >= 0.3 is 12.3 Å². The standard InChI is InChI=1S/C16H15F3N2O4/c1-8-6-21(7-11(8)15(23)24)14(22)13-4-9-2-3-10(5-12(9)20-13)25-16(17,18)19/h2-5,8,11,20H,6-7H2,1H3,(H,23,24)/t8-,11-/m1/s1. The molecule has 0 aliphatic carbocycles. The Kier molecular flexibility index (Phi) is 4.09. The van der Waals surface area contributed by atoms with Gasteiger partial charge in [0.15, 0.2) is 0 Å². The molecule has 0 saturated carbocycles. The average Bonchev–Trinajstić information content (AvgIpc) is 3.07. The van der Waals surface area contributed by atoms with Gasteiger partial charge in [-0.2, -0.15) is 0 Å². The van der Waals surface area contributed by atoms with Crippen molar-refractivity contribution in [1.29, 1.82) is 0 Å². The molecule has 25 heavy (non-hydrogen) atoms. The lowest BCUT2D eigenvalue weighted by molar-refractivity contribution is -0.274. The predicted molar refractivity (Wildman–Crippen MR) is 81.2 cm³/mol. The number of alkyl halides is 3. The molecule has 1 aliphatic heterocycles. The Morgan fingerprint density at radius 2 is 2.00 bits per heavy atom. The van der Waals surface area contributed by atoms with E-state index in [1.807, 2.05) is 0 Å². The van der Waals surface area contributed by atoms with Crippen LogP contribution in [-0.2, 0) is 4.79 Å². The number of H-pyrrole nitrogens is 1. The van der Waals surface area contributed by atoms with Crippen LogP contribution < -0.4 is 4.74 Å². The van der Waals surface area contributed by atoms with Gasteiger partial charge in [-0.3, -0.25) is 9.59 Å². The number of carbonyl (C=O) groups excluding carboxylic acids is 1. The van der Waals surface area contributed by atoms with Gasteiger partial charge in [0.05, 0.1) is 5.92 Å². The van der Waals surface area contributed by atoms with Crippen molar-refractivity contribution in [2.45, 2.75) is 13.3 Å². The van der Waals surface area contributed by atoms with Crippen molar-refractivity contribution in [3.05, 3.63) is 30.0 Å². The van der Waals surface area contributed by atoms with Crippen molar-refractivity contribution in [1.82, 2.24) is 9.88 Å². The highest BCUT2D eigenvalue weighted by Gasteiger charge is 2.37. The number of aliphatic carboxylic acids is 1. The molecule has 1 saturated heterocycles. The highest BCUT2D eigenvalue weighted by Crippen LogP contribution is 2.28. The number of rotatable bonds is 3. The van der Waals surface area contributed by atoms with Gasteiger partial charge in [0.2, 0.25) is 0 Å². The average molecular weight is 356 g/mol. The van der Waals surface area contributed by atoms with Crippen LogP contribution in [0.2, 0.25) is 0 Å². The Balaban J connectivity index is 1.82. The molecule has 2 N–H and O–H groups in total. The molecule has 9 heteroatoms. The lowest BCUT2D eigenvalue weighted by atomic mass is 9.99. The quantitative estimate of drug-likeness (QED) is 0.886. The normalized spacial score (nSPS) is 20.9. The molecule has 0 radical (unpaired) electrons. The van der Waals surface area contributed by atoms with Crippen molar-refractivity contribution >= 4 is 22.8 Å². The zero-order chi connectivity index (χ0) is 18.4. The lowest BCUT2D eigenvalue weighted by Gasteiger charge is -2.14. The lowest BCUT2D eigenvalue weighted by Crippen LogP contribution is -2.30. The van der Waals surface area contributed by atoms with Gasteiger partial charge in [-0.1, -0.05) is 6.92 Å². The summed E-state index contributed by atoms with van der Waals surface area (Å²) in [5.41, 5.74) is 0.518. The molecule has 1 aromatic heterocycles. The number of likely N-dealkylation sites (tertiary alicyclic amines) is 1. The number of hydrogen-bond acceptors (Lipinski definition) is 3. The van der Waals surface area contributed by atoms with Gasteiger partial charge in [-0.15, -0.1) is 13.2 Å². The molecule has 1 aliphatic rings. The minimum Gasteiger partial charge on any atom is -0.481 e. The molecule has 2 heterocycles. The number of carboxylic acid groups (broad SMARTS) is 1. The van der Waals surface area contributed by atoms with Crippen LogP contribution in [0.3, 0.4) is 0 Å². The van der Waals surface area contributed by atoms with E-state index in [0.717, 1.165) is 12.1 Å². The maximum Gasteiger partial charge on any atom is 0.573 e. The zero-order valence-corrected chi connectivity index (χ0v) is 13.1. The summed E-state index contributed by atoms with van der Waals surface area (Å²) < 4.78 is 40.7. The summed E-state index contributed by atoms with van der Waals surface area (Å²) in [5.74, 6) is -2.52. The molecule has 2 atom stereocenters. The van der Waals surface area contributed by atoms with E-state index in [0.29, 0.717) is 17.4 Å². The van der Waals surface area contributed by atoms with Crippen LogP contribution in [0.25, 0.3) is 10.9 Å². The number of benzene rings is 1. The predicted octanol–water partition coefficient (Wildman–Crippen LogP) is 2.86. The minimum absolute atomic E-state index is 0.104. The Bertz CT molecular complexity index is 830. The van der Waals surface area contributed by atoms with Crippen molar-refractivity contribution in [2.75, 3.05) is 13.1 Å². The molecule has 6 nitrogen and oxygen atoms in total. The van der Waals surface area contributed by atoms with Crippen molar-refractivity contribution in [2.24, 2.45) is 11.8 Å². The Labute approximate surface area is 140 Å². The first kappa shape index (κ1) is 17.1. The van der Waals surface area contributed by atoms with E-state index < -0.39 is 18.2 Å². The van der Waals surface area contributed by atoms with Crippen molar-refractivity contribution < 1.29 is 32.6 Å². The van der Waals surface area contributed by atoms with Gasteiger partial charge in [0, 0.05) is 30.1 Å². The summed E-state index contributed by atoms with van der Waals surface area (Å²) in [6, 6.07) is 5.26. The highest BCUT2D eigenvalue weighted by atomic mass is 19.4. The first-order chi connectivity index (χ1) is 11.6. The largest absolute Gasteiger partial charge is 0.573 e. The van der Waals surface area contributed by atoms with E-state index in [1.165, 1.54) is 17.0 Å². The van der Waals surface area contributed by atoms with E-state index in [1.54, 1.807) is 6.92 Å². The second-order valence-electron chi connectivity index (χ2n) is 6.11. The van der Waals surface area contributed by atoms with Crippen molar-refractivity contribution in [3.63, 3.8) is 0 Å². The Hall–Kier alpha value is -2.71. The van der Waals surface area contributed by atoms with Crippen LogP contribution >= 0.6 is 0 Å². The molecule has 1 fully saturated rings. The van der Waals surface area contributed by atoms with Gasteiger partial charge in [-0.25, -0.2) is 0 Å². The number of carbonyl (C=O) groups is 2. The molecule has 3 rings (SSSR count). The molecule has 0 spiro atoms. The first-order valence-electron chi connectivity index (χ1n) is 7.54. The number of aromatic nitrogens is 1. The fourth-order valence-corrected chi connectivity index (χ4v) is 3.04. The second-order valence-corrected chi connectivity index (χ2v) is 6.11. The third-order valence-electron chi connectivity index (χ3n) is 4.27. The van der Waals surface area contributed by atoms with Gasteiger partial charge < -0.3 is 19.7 Å². The number of ether oxygens (including phenoxy) is 1. The number of nitrogens with zero attached hydrogens (tertiary/aromatic N) is 1. The zero-order valence-electron chi connectivity index (χ0n) is 13.1. The van der Waals surface area contributed by atoms with E-state index in [9.17, 15) is 22.8 Å². The van der Waals surface area contributed by atoms with Gasteiger partial charge in [0.1, 0.15) is 11.4 Å². The van der Waals surface area contributed by atoms with Gasteiger partial charge in [-0.05, 0) is 24.1 Å². The number of fused-ring (bicyclic) bond motifs is 1. The molecule has 1 amide bonds. The number of nitrogens with one attached hydrogen (secondary N) is 1. The van der Waals surface area contributed by atoms with Crippen LogP contribution in [0.15, 0.2) is 24.3 Å². The van der Waals surface area contributed by atoms with Gasteiger partial charge in [0.25, 0.3) is 5.91 Å². The number of halogens is 3. The summed E-state index contributed by atoms with van der Waals surface area (Å²) >= 11 is 0. The molecule has 0 bridgehead atoms. The van der Waals surface area contributed by atoms with E-state index in [2.05, 4.69) is 9.72 Å². The summed E-state index contributed by atoms with van der Waals surface area (Å²) in [5, 5.41) is 9.70. The van der Waals surface area contributed by atoms with E-state index in [-0.39, 0.29) is 29.8 Å². The summed E-state index contributed by atoms with van der Waals surface area (Å²) in [7, 11) is 0. The molecule has 2 aromatic rings. The molecule has 0 unspecified atom stereocenters. The van der Waals surface area contributed by atoms with Crippen LogP contribution in [0.4, 0.5) is 13.2 Å². The second kappa shape index (κ2) is 5.98. The summed E-state index contributed by atoms with van der Waals surface area (Å²) in [6.07, 6.45) is -4.80. The first-order valence-corrected chi connectivity index (χ1v) is 7.54. The van der Waals surface area contributed by atoms with E-state index in [4.69, 9.17) is 5.11 Å². The molecule has 134 valence electrons. The fourth-order valence-electron chi connectivity index (χ4n) is 3.04. The summed E-state index contributed by atoms with van der Waals surface area (Å²) in [4.78, 5) is 27.9. The third-order valence-corrected chi connectivity index (χ3v) is 4.27. The number of hydrogen-bond donors (Lipinski definition) is 2. The number of carboxylic acids is 1. The van der Waals surface area contributed by atoms with Crippen LogP contribution in [0.1, 0.15) is 17.4 Å². The Morgan fingerprint density at radius 1 is 1.28 bits per heavy atom. The number of amides is 1. The van der Waals surface area contributed by atoms with Crippen LogP contribution in [0, 0.1) is 11.8 Å². The molecule has 1 aromatic carbocycles. The molecular weight excluding hydrogens is 341 g/mol. The monoisotopic (exact) mass is 356 g/mol. The van der Waals surface area contributed by atoms with Crippen LogP contribution in [-0.4, -0.2) is 46.3 Å². The third kappa shape index (κ3) is 3.54. The number of aromatic amines is 1. The topological polar surface area (TPSA) is 82.6 Å². The maximum absolute atomic E-state index is 12.5. The molecular formula is C16H15F3N2O4. The maximum atomic E-state index is 12.5. The highest BCUT2D eigenvalue weighted by molar-refractivity contribution is 5.98. The van der Waals surface area contributed by atoms with Crippen molar-refractivity contribution in [3.8, 4) is 5.75 Å². The minimum atomic E-state index is -4.80. The summed E-state index contributed by atoms with van der Waals surface area (Å²) in [6.45, 7) is 2.18.